The molecule has 2 heterocycles. The Bertz CT molecular complexity index is 1020. The van der Waals surface area contributed by atoms with Crippen molar-refractivity contribution in [1.82, 2.24) is 5.16 Å². The minimum atomic E-state index is -3.88. The van der Waals surface area contributed by atoms with E-state index in [4.69, 9.17) is 4.52 Å². The molecule has 130 valence electrons. The minimum Gasteiger partial charge on any atom is -0.508 e. The number of phenolic OH excluding ortho intramolecular Hbond substituents is 1. The van der Waals surface area contributed by atoms with E-state index in [-0.39, 0.29) is 27.0 Å². The summed E-state index contributed by atoms with van der Waals surface area (Å²) >= 11 is 0.985. The van der Waals surface area contributed by atoms with Gasteiger partial charge in [-0.2, -0.15) is 0 Å². The van der Waals surface area contributed by atoms with E-state index in [1.54, 1.807) is 13.0 Å². The van der Waals surface area contributed by atoms with Gasteiger partial charge in [-0.05, 0) is 25.1 Å². The van der Waals surface area contributed by atoms with Crippen molar-refractivity contribution < 1.29 is 22.8 Å². The second-order valence-electron chi connectivity index (χ2n) is 5.08. The van der Waals surface area contributed by atoms with Crippen LogP contribution in [0.15, 0.2) is 51.2 Å². The van der Waals surface area contributed by atoms with Crippen molar-refractivity contribution in [3.8, 4) is 5.75 Å². The number of carbonyl (C=O) groups excluding carboxylic acids is 1. The number of aromatic nitrogens is 1. The van der Waals surface area contributed by atoms with Crippen molar-refractivity contribution in [2.45, 2.75) is 11.8 Å². The summed E-state index contributed by atoms with van der Waals surface area (Å²) in [5.41, 5.74) is 0.218. The van der Waals surface area contributed by atoms with E-state index < -0.39 is 15.9 Å². The van der Waals surface area contributed by atoms with E-state index in [1.165, 1.54) is 35.7 Å². The summed E-state index contributed by atoms with van der Waals surface area (Å²) in [6.45, 7) is 1.69. The molecule has 0 spiro atoms. The van der Waals surface area contributed by atoms with Crippen LogP contribution in [0.5, 0.6) is 5.75 Å². The maximum Gasteiger partial charge on any atom is 0.267 e. The Labute approximate surface area is 147 Å². The van der Waals surface area contributed by atoms with Crippen LogP contribution in [0.2, 0.25) is 0 Å². The highest BCUT2D eigenvalue weighted by Crippen LogP contribution is 2.24. The van der Waals surface area contributed by atoms with Crippen LogP contribution < -0.4 is 10.0 Å². The first-order chi connectivity index (χ1) is 11.8. The van der Waals surface area contributed by atoms with E-state index in [0.29, 0.717) is 5.76 Å². The molecular formula is C15H13N3O5S2. The average Bonchev–Trinajstić information content (AvgIpc) is 3.16. The number of benzene rings is 1. The van der Waals surface area contributed by atoms with Crippen LogP contribution in [-0.2, 0) is 10.0 Å². The Kier molecular flexibility index (Phi) is 4.47. The first-order valence-electron chi connectivity index (χ1n) is 6.98. The predicted molar refractivity (Wildman–Crippen MR) is 92.4 cm³/mol. The van der Waals surface area contributed by atoms with Gasteiger partial charge in [0.1, 0.15) is 11.5 Å². The molecule has 2 aromatic heterocycles. The van der Waals surface area contributed by atoms with Crippen molar-refractivity contribution >= 4 is 38.8 Å². The van der Waals surface area contributed by atoms with Gasteiger partial charge in [0.15, 0.2) is 5.82 Å². The molecule has 0 atom stereocenters. The van der Waals surface area contributed by atoms with Gasteiger partial charge in [-0.15, -0.1) is 11.3 Å². The smallest absolute Gasteiger partial charge is 0.267 e. The van der Waals surface area contributed by atoms with Gasteiger partial charge in [-0.1, -0.05) is 11.2 Å². The number of nitrogens with zero attached hydrogens (tertiary/aromatic N) is 1. The van der Waals surface area contributed by atoms with Crippen molar-refractivity contribution in [3.63, 3.8) is 0 Å². The Hall–Kier alpha value is -2.85. The molecule has 3 N–H and O–H groups in total. The van der Waals surface area contributed by atoms with E-state index >= 15 is 0 Å². The second kappa shape index (κ2) is 6.57. The molecule has 10 heteroatoms. The van der Waals surface area contributed by atoms with Crippen LogP contribution in [-0.4, -0.2) is 24.6 Å². The quantitative estimate of drug-likeness (QED) is 0.627. The number of anilines is 2. The fourth-order valence-corrected chi connectivity index (χ4v) is 4.18. The molecule has 0 saturated heterocycles. The molecule has 3 rings (SSSR count). The van der Waals surface area contributed by atoms with Crippen LogP contribution in [0.4, 0.5) is 11.5 Å². The third-order valence-electron chi connectivity index (χ3n) is 3.08. The van der Waals surface area contributed by atoms with Gasteiger partial charge in [0.2, 0.25) is 0 Å². The van der Waals surface area contributed by atoms with Crippen molar-refractivity contribution in [2.75, 3.05) is 10.0 Å². The summed E-state index contributed by atoms with van der Waals surface area (Å²) in [5, 5.41) is 16.9. The number of nitrogens with one attached hydrogen (secondary N) is 2. The summed E-state index contributed by atoms with van der Waals surface area (Å²) in [5.74, 6) is 0.240. The van der Waals surface area contributed by atoms with Crippen LogP contribution in [0.25, 0.3) is 0 Å². The molecule has 0 aliphatic rings. The second-order valence-corrected chi connectivity index (χ2v) is 7.67. The Morgan fingerprint density at radius 3 is 2.76 bits per heavy atom. The topological polar surface area (TPSA) is 122 Å². The molecule has 0 unspecified atom stereocenters. The predicted octanol–water partition coefficient (Wildman–Crippen LogP) is 2.80. The third kappa shape index (κ3) is 3.98. The average molecular weight is 379 g/mol. The van der Waals surface area contributed by atoms with Crippen molar-refractivity contribution in [2.24, 2.45) is 0 Å². The lowest BCUT2D eigenvalue weighted by Crippen LogP contribution is -2.13. The molecule has 1 amide bonds. The Morgan fingerprint density at radius 2 is 2.08 bits per heavy atom. The van der Waals surface area contributed by atoms with Gasteiger partial charge < -0.3 is 14.9 Å². The molecular weight excluding hydrogens is 366 g/mol. The molecule has 0 aliphatic heterocycles. The molecule has 0 fully saturated rings. The standard InChI is InChI=1S/C15H13N3O5S2/c1-9-5-14(17-23-9)16-15(20)13-7-12(8-24-13)25(21,22)18-10-3-2-4-11(19)6-10/h2-8,18-19H,1H3,(H,16,17,20). The largest absolute Gasteiger partial charge is 0.508 e. The van der Waals surface area contributed by atoms with E-state index in [1.807, 2.05) is 0 Å². The maximum absolute atomic E-state index is 12.4. The Balaban J connectivity index is 1.76. The summed E-state index contributed by atoms with van der Waals surface area (Å²) in [4.78, 5) is 12.3. The number of sulfonamides is 1. The number of phenols is 1. The lowest BCUT2D eigenvalue weighted by atomic mass is 10.3. The van der Waals surface area contributed by atoms with Crippen LogP contribution >= 0.6 is 11.3 Å². The molecule has 8 nitrogen and oxygen atoms in total. The number of amides is 1. The van der Waals surface area contributed by atoms with Crippen molar-refractivity contribution in [3.05, 3.63) is 52.4 Å². The first-order valence-corrected chi connectivity index (χ1v) is 9.35. The minimum absolute atomic E-state index is 0.0534. The zero-order chi connectivity index (χ0) is 18.0. The molecule has 25 heavy (non-hydrogen) atoms. The summed E-state index contributed by atoms with van der Waals surface area (Å²) in [6.07, 6.45) is 0. The number of aromatic hydroxyl groups is 1. The number of rotatable bonds is 5. The number of thiophene rings is 1. The van der Waals surface area contributed by atoms with Gasteiger partial charge in [0.25, 0.3) is 15.9 Å². The van der Waals surface area contributed by atoms with Gasteiger partial charge in [-0.25, -0.2) is 8.42 Å². The lowest BCUT2D eigenvalue weighted by Gasteiger charge is -2.06. The van der Waals surface area contributed by atoms with Crippen LogP contribution in [0.3, 0.4) is 0 Å². The van der Waals surface area contributed by atoms with Gasteiger partial charge in [0, 0.05) is 17.5 Å². The molecule has 0 bridgehead atoms. The zero-order valence-corrected chi connectivity index (χ0v) is 14.5. The van der Waals surface area contributed by atoms with Gasteiger partial charge in [-0.3, -0.25) is 9.52 Å². The fraction of sp³-hybridized carbons (Fsp3) is 0.0667. The molecule has 3 aromatic rings. The van der Waals surface area contributed by atoms with Crippen LogP contribution in [0, 0.1) is 6.92 Å². The van der Waals surface area contributed by atoms with Crippen molar-refractivity contribution in [1.29, 1.82) is 0 Å². The Morgan fingerprint density at radius 1 is 1.28 bits per heavy atom. The molecule has 0 aliphatic carbocycles. The third-order valence-corrected chi connectivity index (χ3v) is 5.52. The van der Waals surface area contributed by atoms with Crippen LogP contribution in [0.1, 0.15) is 15.4 Å². The number of hydrogen-bond donors (Lipinski definition) is 3. The number of carbonyl (C=O) groups is 1. The summed E-state index contributed by atoms with van der Waals surface area (Å²) < 4.78 is 31.9. The maximum atomic E-state index is 12.4. The van der Waals surface area contributed by atoms with Gasteiger partial charge in [0.05, 0.1) is 15.5 Å². The highest BCUT2D eigenvalue weighted by molar-refractivity contribution is 7.92. The zero-order valence-electron chi connectivity index (χ0n) is 12.9. The normalized spacial score (nSPS) is 11.2. The summed E-state index contributed by atoms with van der Waals surface area (Å²) in [7, 11) is -3.88. The number of aryl methyl sites for hydroxylation is 1. The van der Waals surface area contributed by atoms with E-state index in [2.05, 4.69) is 15.2 Å². The van der Waals surface area contributed by atoms with Gasteiger partial charge >= 0.3 is 0 Å². The lowest BCUT2D eigenvalue weighted by molar-refractivity contribution is 0.102. The fourth-order valence-electron chi connectivity index (χ4n) is 1.97. The highest BCUT2D eigenvalue weighted by Gasteiger charge is 2.19. The highest BCUT2D eigenvalue weighted by atomic mass is 32.2. The summed E-state index contributed by atoms with van der Waals surface area (Å²) in [6, 6.07) is 8.54. The first kappa shape index (κ1) is 17.0. The molecule has 0 radical (unpaired) electrons. The van der Waals surface area contributed by atoms with E-state index in [9.17, 15) is 18.3 Å². The molecule has 1 aromatic carbocycles. The number of hydrogen-bond acceptors (Lipinski definition) is 7. The molecule has 0 saturated carbocycles. The monoisotopic (exact) mass is 379 g/mol. The SMILES string of the molecule is Cc1cc(NC(=O)c2cc(S(=O)(=O)Nc3cccc(O)c3)cs2)no1. The van der Waals surface area contributed by atoms with E-state index in [0.717, 1.165) is 11.3 Å².